The fourth-order valence-corrected chi connectivity index (χ4v) is 4.79. The molecule has 124 valence electrons. The minimum atomic E-state index is -2.70. The molecule has 2 bridgehead atoms. The van der Waals surface area contributed by atoms with Gasteiger partial charge in [0, 0.05) is 19.0 Å². The van der Waals surface area contributed by atoms with Crippen LogP contribution in [0.2, 0.25) is 0 Å². The average molecular weight is 320 g/mol. The zero-order valence-corrected chi connectivity index (χ0v) is 13.3. The first-order valence-corrected chi connectivity index (χ1v) is 8.41. The van der Waals surface area contributed by atoms with E-state index >= 15 is 0 Å². The number of amides is 1. The number of carbonyl (C=O) groups is 1. The van der Waals surface area contributed by atoms with Gasteiger partial charge >= 0.3 is 0 Å². The molecule has 0 aromatic heterocycles. The van der Waals surface area contributed by atoms with E-state index in [1.165, 1.54) is 4.90 Å². The topological polar surface area (TPSA) is 23.6 Å². The summed E-state index contributed by atoms with van der Waals surface area (Å²) in [5.74, 6) is -3.01. The quantitative estimate of drug-likeness (QED) is 0.836. The second kappa shape index (κ2) is 5.26. The molecule has 4 atom stereocenters. The van der Waals surface area contributed by atoms with Crippen LogP contribution in [0.15, 0.2) is 30.3 Å². The monoisotopic (exact) mass is 320 g/mol. The molecule has 3 aliphatic rings. The van der Waals surface area contributed by atoms with Crippen molar-refractivity contribution in [1.82, 2.24) is 9.80 Å². The van der Waals surface area contributed by atoms with E-state index in [1.807, 2.05) is 37.4 Å². The van der Waals surface area contributed by atoms with Gasteiger partial charge < -0.3 is 4.90 Å². The van der Waals surface area contributed by atoms with Crippen molar-refractivity contribution < 1.29 is 13.6 Å². The molecule has 1 aliphatic carbocycles. The predicted molar refractivity (Wildman–Crippen MR) is 83.1 cm³/mol. The highest BCUT2D eigenvalue weighted by Gasteiger charge is 2.59. The van der Waals surface area contributed by atoms with Crippen molar-refractivity contribution >= 4 is 5.91 Å². The van der Waals surface area contributed by atoms with Crippen LogP contribution in [-0.2, 0) is 4.79 Å². The van der Waals surface area contributed by atoms with Gasteiger partial charge in [-0.2, -0.15) is 0 Å². The van der Waals surface area contributed by atoms with E-state index in [2.05, 4.69) is 4.90 Å². The Morgan fingerprint density at radius 2 is 2.00 bits per heavy atom. The summed E-state index contributed by atoms with van der Waals surface area (Å²) in [5, 5.41) is 0. The van der Waals surface area contributed by atoms with Crippen LogP contribution in [0.1, 0.15) is 30.9 Å². The molecule has 3 fully saturated rings. The van der Waals surface area contributed by atoms with Crippen molar-refractivity contribution in [2.24, 2.45) is 11.8 Å². The summed E-state index contributed by atoms with van der Waals surface area (Å²) in [6.07, 6.45) is 1.17. The first-order chi connectivity index (χ1) is 11.0. The normalized spacial score (nSPS) is 35.9. The second-order valence-corrected chi connectivity index (χ2v) is 7.30. The summed E-state index contributed by atoms with van der Waals surface area (Å²) in [7, 11) is 2.01. The van der Waals surface area contributed by atoms with Crippen molar-refractivity contribution in [3.63, 3.8) is 0 Å². The van der Waals surface area contributed by atoms with Crippen molar-refractivity contribution in [2.45, 2.75) is 37.3 Å². The molecule has 0 spiro atoms. The predicted octanol–water partition coefficient (Wildman–Crippen LogP) is 2.94. The number of halogens is 2. The third-order valence-electron chi connectivity index (χ3n) is 5.83. The second-order valence-electron chi connectivity index (χ2n) is 7.30. The first-order valence-electron chi connectivity index (χ1n) is 8.41. The Kier molecular flexibility index (Phi) is 3.45. The van der Waals surface area contributed by atoms with Gasteiger partial charge in [0.2, 0.25) is 5.91 Å². The molecule has 23 heavy (non-hydrogen) atoms. The van der Waals surface area contributed by atoms with Crippen molar-refractivity contribution in [3.8, 4) is 0 Å². The van der Waals surface area contributed by atoms with Crippen LogP contribution in [0.25, 0.3) is 0 Å². The maximum absolute atomic E-state index is 14.0. The molecular formula is C18H22F2N2O. The van der Waals surface area contributed by atoms with Crippen LogP contribution < -0.4 is 0 Å². The summed E-state index contributed by atoms with van der Waals surface area (Å²) in [5.41, 5.74) is 1.10. The summed E-state index contributed by atoms with van der Waals surface area (Å²) < 4.78 is 28.1. The van der Waals surface area contributed by atoms with Gasteiger partial charge in [-0.25, -0.2) is 8.78 Å². The van der Waals surface area contributed by atoms with E-state index in [4.69, 9.17) is 0 Å². The standard InChI is InChI=1S/C18H22F2N2O/c1-21-8-7-14(16(21)13-5-3-2-4-6-13)17(23)22-11-12-9-15(22)18(19,20)10-12/h2-6,12,14-16H,7-11H2,1H3/t12?,14-,15?,16-/m0/s1. The number of likely N-dealkylation sites (tertiary alicyclic amines) is 2. The van der Waals surface area contributed by atoms with Crippen LogP contribution in [0, 0.1) is 11.8 Å². The molecule has 2 aliphatic heterocycles. The third kappa shape index (κ3) is 2.36. The average Bonchev–Trinajstić information content (AvgIpc) is 3.18. The molecule has 1 saturated carbocycles. The van der Waals surface area contributed by atoms with Crippen LogP contribution in [0.4, 0.5) is 8.78 Å². The Morgan fingerprint density at radius 3 is 2.65 bits per heavy atom. The summed E-state index contributed by atoms with van der Waals surface area (Å²) in [6.45, 7) is 1.34. The Bertz CT molecular complexity index is 606. The molecule has 2 unspecified atom stereocenters. The lowest BCUT2D eigenvalue weighted by Crippen LogP contribution is -2.50. The van der Waals surface area contributed by atoms with Gasteiger partial charge in [0.05, 0.1) is 12.0 Å². The van der Waals surface area contributed by atoms with Crippen molar-refractivity contribution in [3.05, 3.63) is 35.9 Å². The maximum atomic E-state index is 14.0. The molecular weight excluding hydrogens is 298 g/mol. The number of hydrogen-bond donors (Lipinski definition) is 0. The highest BCUT2D eigenvalue weighted by molar-refractivity contribution is 5.81. The fraction of sp³-hybridized carbons (Fsp3) is 0.611. The van der Waals surface area contributed by atoms with Gasteiger partial charge in [0.25, 0.3) is 5.92 Å². The van der Waals surface area contributed by atoms with Crippen LogP contribution in [0.5, 0.6) is 0 Å². The molecule has 1 amide bonds. The number of alkyl halides is 2. The van der Waals surface area contributed by atoms with Crippen LogP contribution in [0.3, 0.4) is 0 Å². The van der Waals surface area contributed by atoms with Gasteiger partial charge in [0.15, 0.2) is 0 Å². The van der Waals surface area contributed by atoms with E-state index in [9.17, 15) is 13.6 Å². The van der Waals surface area contributed by atoms with E-state index in [0.717, 1.165) is 18.5 Å². The smallest absolute Gasteiger partial charge is 0.268 e. The highest BCUT2D eigenvalue weighted by Crippen LogP contribution is 2.49. The van der Waals surface area contributed by atoms with E-state index < -0.39 is 12.0 Å². The van der Waals surface area contributed by atoms with Gasteiger partial charge in [-0.15, -0.1) is 0 Å². The Balaban J connectivity index is 1.59. The summed E-state index contributed by atoms with van der Waals surface area (Å²) >= 11 is 0. The number of benzene rings is 1. The minimum absolute atomic E-state index is 0.00329. The molecule has 0 radical (unpaired) electrons. The Hall–Kier alpha value is -1.49. The molecule has 2 heterocycles. The lowest BCUT2D eigenvalue weighted by molar-refractivity contribution is -0.149. The molecule has 3 nitrogen and oxygen atoms in total. The molecule has 1 aromatic rings. The third-order valence-corrected chi connectivity index (χ3v) is 5.83. The molecule has 5 heteroatoms. The largest absolute Gasteiger partial charge is 0.333 e. The van der Waals surface area contributed by atoms with E-state index in [-0.39, 0.29) is 30.2 Å². The molecule has 4 rings (SSSR count). The lowest BCUT2D eigenvalue weighted by Gasteiger charge is -2.36. The van der Waals surface area contributed by atoms with Crippen molar-refractivity contribution in [2.75, 3.05) is 20.1 Å². The summed E-state index contributed by atoms with van der Waals surface area (Å²) in [6, 6.07) is 9.06. The van der Waals surface area contributed by atoms with Crippen LogP contribution >= 0.6 is 0 Å². The van der Waals surface area contributed by atoms with Gasteiger partial charge in [-0.05, 0) is 37.9 Å². The summed E-state index contributed by atoms with van der Waals surface area (Å²) in [4.78, 5) is 16.7. The zero-order chi connectivity index (χ0) is 16.2. The number of nitrogens with zero attached hydrogens (tertiary/aromatic N) is 2. The fourth-order valence-electron chi connectivity index (χ4n) is 4.79. The number of rotatable bonds is 2. The van der Waals surface area contributed by atoms with Gasteiger partial charge in [-0.1, -0.05) is 30.3 Å². The molecule has 0 N–H and O–H groups in total. The zero-order valence-electron chi connectivity index (χ0n) is 13.3. The Morgan fingerprint density at radius 1 is 1.26 bits per heavy atom. The number of fused-ring (bicyclic) bond motifs is 2. The molecule has 2 saturated heterocycles. The van der Waals surface area contributed by atoms with E-state index in [0.29, 0.717) is 13.0 Å². The number of hydrogen-bond acceptors (Lipinski definition) is 2. The van der Waals surface area contributed by atoms with Crippen LogP contribution in [-0.4, -0.2) is 47.8 Å². The maximum Gasteiger partial charge on any atom is 0.268 e. The van der Waals surface area contributed by atoms with E-state index in [1.54, 1.807) is 0 Å². The SMILES string of the molecule is CN1CC[C@H](C(=O)N2CC3CC2C(F)(F)C3)[C@@H]1c1ccccc1. The first kappa shape index (κ1) is 15.1. The van der Waals surface area contributed by atoms with Gasteiger partial charge in [0.1, 0.15) is 0 Å². The Labute approximate surface area is 135 Å². The van der Waals surface area contributed by atoms with Gasteiger partial charge in [-0.3, -0.25) is 9.69 Å². The lowest BCUT2D eigenvalue weighted by atomic mass is 9.91. The minimum Gasteiger partial charge on any atom is -0.333 e. The van der Waals surface area contributed by atoms with Crippen molar-refractivity contribution in [1.29, 1.82) is 0 Å². The molecule has 1 aromatic carbocycles. The number of carbonyl (C=O) groups excluding carboxylic acids is 1. The number of piperidine rings is 1. The highest BCUT2D eigenvalue weighted by atomic mass is 19.3.